The van der Waals surface area contributed by atoms with Gasteiger partial charge in [0, 0.05) is 16.1 Å². The highest BCUT2D eigenvalue weighted by molar-refractivity contribution is 6.30. The minimum atomic E-state index is -1.07. The molecule has 0 bridgehead atoms. The Kier molecular flexibility index (Phi) is 5.87. The van der Waals surface area contributed by atoms with Crippen LogP contribution in [0.2, 0.25) is 10.0 Å². The Morgan fingerprint density at radius 3 is 2.18 bits per heavy atom. The summed E-state index contributed by atoms with van der Waals surface area (Å²) in [4.78, 5) is 23.8. The SMILES string of the molecule is O=C(O)C[C@H](NC(=O)c1cc(O)n(-c2ccc(Cl)cc2)n1)c1ccc(Cl)cc1. The van der Waals surface area contributed by atoms with Crippen molar-refractivity contribution in [2.45, 2.75) is 12.5 Å². The molecule has 0 aliphatic rings. The van der Waals surface area contributed by atoms with E-state index >= 15 is 0 Å². The summed E-state index contributed by atoms with van der Waals surface area (Å²) in [6, 6.07) is 13.4. The molecular weight excluding hydrogens is 405 g/mol. The summed E-state index contributed by atoms with van der Waals surface area (Å²) >= 11 is 11.7. The van der Waals surface area contributed by atoms with E-state index in [1.807, 2.05) is 0 Å². The summed E-state index contributed by atoms with van der Waals surface area (Å²) in [6.07, 6.45) is -0.322. The second-order valence-electron chi connectivity index (χ2n) is 5.95. The number of benzene rings is 2. The molecule has 7 nitrogen and oxygen atoms in total. The number of aromatic hydroxyl groups is 1. The van der Waals surface area contributed by atoms with Gasteiger partial charge in [0.25, 0.3) is 5.91 Å². The lowest BCUT2D eigenvalue weighted by Gasteiger charge is -2.16. The molecule has 3 rings (SSSR count). The number of carbonyl (C=O) groups is 2. The predicted molar refractivity (Wildman–Crippen MR) is 104 cm³/mol. The van der Waals surface area contributed by atoms with Gasteiger partial charge in [0.1, 0.15) is 0 Å². The van der Waals surface area contributed by atoms with Crippen LogP contribution >= 0.6 is 23.2 Å². The van der Waals surface area contributed by atoms with Crippen molar-refractivity contribution < 1.29 is 19.8 Å². The molecule has 144 valence electrons. The molecular formula is C19H15Cl2N3O4. The zero-order valence-electron chi connectivity index (χ0n) is 14.3. The average molecular weight is 420 g/mol. The molecule has 28 heavy (non-hydrogen) atoms. The van der Waals surface area contributed by atoms with E-state index in [0.29, 0.717) is 21.3 Å². The molecule has 9 heteroatoms. The Labute approximate surface area is 170 Å². The number of rotatable bonds is 6. The quantitative estimate of drug-likeness (QED) is 0.562. The smallest absolute Gasteiger partial charge is 0.305 e. The van der Waals surface area contributed by atoms with E-state index in [9.17, 15) is 14.7 Å². The fourth-order valence-corrected chi connectivity index (χ4v) is 2.86. The number of carbonyl (C=O) groups excluding carboxylic acids is 1. The van der Waals surface area contributed by atoms with E-state index in [2.05, 4.69) is 10.4 Å². The molecule has 1 heterocycles. The summed E-state index contributed by atoms with van der Waals surface area (Å²) in [5.74, 6) is -1.94. The van der Waals surface area contributed by atoms with Crippen LogP contribution < -0.4 is 5.32 Å². The zero-order chi connectivity index (χ0) is 20.3. The highest BCUT2D eigenvalue weighted by Gasteiger charge is 2.22. The Morgan fingerprint density at radius 1 is 1.04 bits per heavy atom. The van der Waals surface area contributed by atoms with Crippen LogP contribution in [-0.2, 0) is 4.79 Å². The number of nitrogens with zero attached hydrogens (tertiary/aromatic N) is 2. The molecule has 0 aliphatic carbocycles. The normalized spacial score (nSPS) is 11.8. The molecule has 0 saturated carbocycles. The van der Waals surface area contributed by atoms with Crippen LogP contribution in [0.1, 0.15) is 28.5 Å². The van der Waals surface area contributed by atoms with Gasteiger partial charge in [-0.05, 0) is 42.0 Å². The standard InChI is InChI=1S/C19H15Cl2N3O4/c20-12-3-1-11(2-4-12)15(10-18(26)27)22-19(28)16-9-17(25)24(23-16)14-7-5-13(21)6-8-14/h1-9,15,25H,10H2,(H,22,28)(H,26,27)/t15-/m0/s1. The van der Waals surface area contributed by atoms with E-state index in [0.717, 1.165) is 0 Å². The third-order valence-corrected chi connectivity index (χ3v) is 4.45. The second-order valence-corrected chi connectivity index (χ2v) is 6.82. The molecule has 2 aromatic carbocycles. The second kappa shape index (κ2) is 8.33. The lowest BCUT2D eigenvalue weighted by molar-refractivity contribution is -0.137. The van der Waals surface area contributed by atoms with Gasteiger partial charge in [-0.1, -0.05) is 35.3 Å². The lowest BCUT2D eigenvalue weighted by atomic mass is 10.0. The highest BCUT2D eigenvalue weighted by atomic mass is 35.5. The van der Waals surface area contributed by atoms with Gasteiger partial charge in [-0.2, -0.15) is 5.10 Å². The highest BCUT2D eigenvalue weighted by Crippen LogP contribution is 2.22. The van der Waals surface area contributed by atoms with Crippen molar-refractivity contribution in [2.75, 3.05) is 0 Å². The van der Waals surface area contributed by atoms with E-state index < -0.39 is 17.9 Å². The molecule has 0 aliphatic heterocycles. The topological polar surface area (TPSA) is 104 Å². The molecule has 0 fully saturated rings. The van der Waals surface area contributed by atoms with Crippen LogP contribution in [0.15, 0.2) is 54.6 Å². The number of nitrogens with one attached hydrogen (secondary N) is 1. The number of aromatic nitrogens is 2. The van der Waals surface area contributed by atoms with E-state index in [4.69, 9.17) is 28.3 Å². The minimum absolute atomic E-state index is 0.0585. The van der Waals surface area contributed by atoms with Gasteiger partial charge in [-0.15, -0.1) is 0 Å². The number of carboxylic acids is 1. The molecule has 3 aromatic rings. The third-order valence-electron chi connectivity index (χ3n) is 3.95. The number of amides is 1. The molecule has 3 N–H and O–H groups in total. The third kappa shape index (κ3) is 4.62. The van der Waals surface area contributed by atoms with Crippen LogP contribution in [0.3, 0.4) is 0 Å². The van der Waals surface area contributed by atoms with Crippen LogP contribution in [0.4, 0.5) is 0 Å². The maximum absolute atomic E-state index is 12.6. The van der Waals surface area contributed by atoms with Crippen LogP contribution in [0.5, 0.6) is 5.88 Å². The minimum Gasteiger partial charge on any atom is -0.493 e. The van der Waals surface area contributed by atoms with E-state index in [1.165, 1.54) is 10.7 Å². The number of carboxylic acid groups (broad SMARTS) is 1. The van der Waals surface area contributed by atoms with Gasteiger partial charge in [-0.3, -0.25) is 9.59 Å². The first-order chi connectivity index (χ1) is 13.3. The van der Waals surface area contributed by atoms with Crippen molar-refractivity contribution in [1.82, 2.24) is 15.1 Å². The molecule has 1 aromatic heterocycles. The Morgan fingerprint density at radius 2 is 1.61 bits per heavy atom. The first kappa shape index (κ1) is 19.7. The van der Waals surface area contributed by atoms with Gasteiger partial charge in [0.2, 0.25) is 5.88 Å². The Balaban J connectivity index is 1.83. The predicted octanol–water partition coefficient (Wildman–Crippen LogP) is 3.83. The monoisotopic (exact) mass is 419 g/mol. The Bertz CT molecular complexity index is 1000. The van der Waals surface area contributed by atoms with Crippen molar-refractivity contribution in [3.8, 4) is 11.6 Å². The number of aliphatic carboxylic acids is 1. The first-order valence-electron chi connectivity index (χ1n) is 8.16. The zero-order valence-corrected chi connectivity index (χ0v) is 15.9. The number of halogens is 2. The molecule has 1 amide bonds. The van der Waals surface area contributed by atoms with Gasteiger partial charge in [-0.25, -0.2) is 4.68 Å². The molecule has 0 radical (unpaired) electrons. The van der Waals surface area contributed by atoms with Crippen molar-refractivity contribution >= 4 is 35.1 Å². The molecule has 0 saturated heterocycles. The van der Waals surface area contributed by atoms with Gasteiger partial charge in [0.15, 0.2) is 5.69 Å². The van der Waals surface area contributed by atoms with Crippen molar-refractivity contribution in [2.24, 2.45) is 0 Å². The molecule has 1 atom stereocenters. The number of hydrogen-bond acceptors (Lipinski definition) is 4. The van der Waals surface area contributed by atoms with Crippen LogP contribution in [0, 0.1) is 0 Å². The summed E-state index contributed by atoms with van der Waals surface area (Å²) < 4.78 is 1.18. The summed E-state index contributed by atoms with van der Waals surface area (Å²) in [6.45, 7) is 0. The van der Waals surface area contributed by atoms with E-state index in [1.54, 1.807) is 48.5 Å². The molecule has 0 unspecified atom stereocenters. The lowest BCUT2D eigenvalue weighted by Crippen LogP contribution is -2.30. The summed E-state index contributed by atoms with van der Waals surface area (Å²) in [5, 5.41) is 27.0. The molecule has 0 spiro atoms. The fraction of sp³-hybridized carbons (Fsp3) is 0.105. The maximum Gasteiger partial charge on any atom is 0.305 e. The van der Waals surface area contributed by atoms with E-state index in [-0.39, 0.29) is 18.0 Å². The first-order valence-corrected chi connectivity index (χ1v) is 8.92. The van der Waals surface area contributed by atoms with Crippen molar-refractivity contribution in [3.05, 3.63) is 75.9 Å². The van der Waals surface area contributed by atoms with Crippen molar-refractivity contribution in [1.29, 1.82) is 0 Å². The van der Waals surface area contributed by atoms with Crippen LogP contribution in [0.25, 0.3) is 5.69 Å². The van der Waals surface area contributed by atoms with Gasteiger partial charge in [0.05, 0.1) is 18.2 Å². The summed E-state index contributed by atoms with van der Waals surface area (Å²) in [7, 11) is 0. The Hall–Kier alpha value is -3.03. The number of hydrogen-bond donors (Lipinski definition) is 3. The van der Waals surface area contributed by atoms with Crippen LogP contribution in [-0.4, -0.2) is 31.9 Å². The maximum atomic E-state index is 12.6. The fourth-order valence-electron chi connectivity index (χ4n) is 2.61. The van der Waals surface area contributed by atoms with Gasteiger partial charge >= 0.3 is 5.97 Å². The average Bonchev–Trinajstić information content (AvgIpc) is 3.04. The van der Waals surface area contributed by atoms with Crippen molar-refractivity contribution in [3.63, 3.8) is 0 Å². The largest absolute Gasteiger partial charge is 0.493 e. The van der Waals surface area contributed by atoms with Gasteiger partial charge < -0.3 is 15.5 Å². The summed E-state index contributed by atoms with van der Waals surface area (Å²) in [5.41, 5.74) is 1.04.